The molecular formula is C14H20FNO. The summed E-state index contributed by atoms with van der Waals surface area (Å²) in [6.45, 7) is 0. The molecule has 0 bridgehead atoms. The van der Waals surface area contributed by atoms with Crippen molar-refractivity contribution in [1.82, 2.24) is 0 Å². The first-order valence-corrected chi connectivity index (χ1v) is 6.44. The quantitative estimate of drug-likeness (QED) is 0.857. The molecule has 17 heavy (non-hydrogen) atoms. The molecule has 1 aromatic carbocycles. The molecule has 0 unspecified atom stereocenters. The minimum atomic E-state index is -0.304. The molecule has 1 fully saturated rings. The minimum absolute atomic E-state index is 0.0231. The third kappa shape index (κ3) is 3.43. The molecule has 1 aliphatic carbocycles. The fraction of sp³-hybridized carbons (Fsp3) is 0.571. The van der Waals surface area contributed by atoms with Crippen molar-refractivity contribution in [2.75, 3.05) is 0 Å². The Balaban J connectivity index is 2.02. The predicted molar refractivity (Wildman–Crippen MR) is 66.5 cm³/mol. The number of nitrogens with two attached hydrogens (primary N) is 1. The van der Waals surface area contributed by atoms with Gasteiger partial charge >= 0.3 is 0 Å². The van der Waals surface area contributed by atoms with E-state index in [2.05, 4.69) is 0 Å². The van der Waals surface area contributed by atoms with Crippen molar-refractivity contribution in [1.29, 1.82) is 0 Å². The van der Waals surface area contributed by atoms with Crippen LogP contribution >= 0.6 is 0 Å². The van der Waals surface area contributed by atoms with Gasteiger partial charge in [-0.05, 0) is 31.4 Å². The average Bonchev–Trinajstić information content (AvgIpc) is 2.31. The van der Waals surface area contributed by atoms with Crippen LogP contribution in [0.3, 0.4) is 0 Å². The van der Waals surface area contributed by atoms with Crippen LogP contribution in [-0.4, -0.2) is 12.1 Å². The van der Waals surface area contributed by atoms with Crippen LogP contribution in [0.4, 0.5) is 4.39 Å². The molecule has 94 valence electrons. The number of halogens is 1. The first-order chi connectivity index (χ1) is 8.27. The summed E-state index contributed by atoms with van der Waals surface area (Å²) in [6, 6.07) is 6.56. The summed E-state index contributed by atoms with van der Waals surface area (Å²) in [5, 5.41) is 0. The van der Waals surface area contributed by atoms with Gasteiger partial charge in [0.2, 0.25) is 0 Å². The van der Waals surface area contributed by atoms with Crippen LogP contribution in [0.15, 0.2) is 24.3 Å². The third-order valence-corrected chi connectivity index (χ3v) is 3.37. The zero-order valence-corrected chi connectivity index (χ0v) is 10.1. The van der Waals surface area contributed by atoms with Crippen molar-refractivity contribution in [3.8, 4) is 5.75 Å². The van der Waals surface area contributed by atoms with E-state index in [0.29, 0.717) is 5.75 Å². The molecule has 3 heteroatoms. The van der Waals surface area contributed by atoms with Crippen LogP contribution in [-0.2, 0) is 0 Å². The second-order valence-corrected chi connectivity index (χ2v) is 4.74. The van der Waals surface area contributed by atoms with E-state index in [-0.39, 0.29) is 18.0 Å². The zero-order valence-electron chi connectivity index (χ0n) is 10.1. The fourth-order valence-corrected chi connectivity index (χ4v) is 2.33. The monoisotopic (exact) mass is 237 g/mol. The number of benzene rings is 1. The lowest BCUT2D eigenvalue weighted by molar-refractivity contribution is 0.139. The summed E-state index contributed by atoms with van der Waals surface area (Å²) in [4.78, 5) is 0. The normalized spacial score (nSPS) is 26.0. The van der Waals surface area contributed by atoms with Crippen LogP contribution in [0, 0.1) is 5.82 Å². The molecule has 0 aliphatic heterocycles. The zero-order chi connectivity index (χ0) is 12.1. The van der Waals surface area contributed by atoms with Gasteiger partial charge in [0.25, 0.3) is 0 Å². The van der Waals surface area contributed by atoms with Gasteiger partial charge in [-0.2, -0.15) is 0 Å². The van der Waals surface area contributed by atoms with Gasteiger partial charge in [0, 0.05) is 6.04 Å². The van der Waals surface area contributed by atoms with Crippen molar-refractivity contribution in [2.24, 2.45) is 5.73 Å². The van der Waals surface area contributed by atoms with Crippen LogP contribution in [0.25, 0.3) is 0 Å². The van der Waals surface area contributed by atoms with Crippen molar-refractivity contribution in [2.45, 2.75) is 50.7 Å². The largest absolute Gasteiger partial charge is 0.486 e. The molecule has 1 saturated carbocycles. The van der Waals surface area contributed by atoms with E-state index in [0.717, 1.165) is 25.7 Å². The molecule has 0 aromatic heterocycles. The van der Waals surface area contributed by atoms with Crippen LogP contribution in [0.2, 0.25) is 0 Å². The molecule has 1 aliphatic rings. The van der Waals surface area contributed by atoms with E-state index in [1.54, 1.807) is 18.2 Å². The van der Waals surface area contributed by atoms with E-state index in [4.69, 9.17) is 10.5 Å². The van der Waals surface area contributed by atoms with Crippen molar-refractivity contribution < 1.29 is 9.13 Å². The Morgan fingerprint density at radius 1 is 1.06 bits per heavy atom. The Kier molecular flexibility index (Phi) is 4.37. The van der Waals surface area contributed by atoms with Gasteiger partial charge in [-0.25, -0.2) is 4.39 Å². The van der Waals surface area contributed by atoms with Crippen molar-refractivity contribution >= 4 is 0 Å². The summed E-state index contributed by atoms with van der Waals surface area (Å²) < 4.78 is 19.2. The van der Waals surface area contributed by atoms with E-state index in [1.165, 1.54) is 18.9 Å². The lowest BCUT2D eigenvalue weighted by Crippen LogP contribution is -2.39. The van der Waals surface area contributed by atoms with Crippen molar-refractivity contribution in [3.63, 3.8) is 0 Å². The second-order valence-electron chi connectivity index (χ2n) is 4.74. The smallest absolute Gasteiger partial charge is 0.165 e. The second kappa shape index (κ2) is 6.01. The van der Waals surface area contributed by atoms with E-state index in [1.807, 2.05) is 0 Å². The maximum absolute atomic E-state index is 13.5. The molecule has 2 nitrogen and oxygen atoms in total. The maximum Gasteiger partial charge on any atom is 0.165 e. The van der Waals surface area contributed by atoms with E-state index >= 15 is 0 Å². The minimum Gasteiger partial charge on any atom is -0.486 e. The van der Waals surface area contributed by atoms with Crippen LogP contribution in [0.1, 0.15) is 38.5 Å². The summed E-state index contributed by atoms with van der Waals surface area (Å²) >= 11 is 0. The Labute approximate surface area is 102 Å². The topological polar surface area (TPSA) is 35.2 Å². The number of hydrogen-bond donors (Lipinski definition) is 1. The Hall–Kier alpha value is -1.09. The van der Waals surface area contributed by atoms with Crippen LogP contribution in [0.5, 0.6) is 5.75 Å². The molecule has 2 rings (SSSR count). The summed E-state index contributed by atoms with van der Waals surface area (Å²) in [6.07, 6.45) is 6.59. The maximum atomic E-state index is 13.5. The predicted octanol–water partition coefficient (Wildman–Crippen LogP) is 3.25. The van der Waals surface area contributed by atoms with Gasteiger partial charge < -0.3 is 10.5 Å². The standard InChI is InChI=1S/C14H20FNO/c15-11-7-5-6-9-13(11)17-14-10-4-2-1-3-8-12(14)16/h5-7,9,12,14H,1-4,8,10,16H2/t12-,14+/m1/s1. The molecule has 0 saturated heterocycles. The Morgan fingerprint density at radius 2 is 1.76 bits per heavy atom. The molecular weight excluding hydrogens is 217 g/mol. The van der Waals surface area contributed by atoms with E-state index in [9.17, 15) is 4.39 Å². The molecule has 0 radical (unpaired) electrons. The highest BCUT2D eigenvalue weighted by atomic mass is 19.1. The summed E-state index contributed by atoms with van der Waals surface area (Å²) in [5.74, 6) is 0.0234. The van der Waals surface area contributed by atoms with Gasteiger partial charge in [0.15, 0.2) is 11.6 Å². The van der Waals surface area contributed by atoms with Gasteiger partial charge in [-0.1, -0.05) is 31.4 Å². The number of hydrogen-bond acceptors (Lipinski definition) is 2. The van der Waals surface area contributed by atoms with Gasteiger partial charge in [-0.3, -0.25) is 0 Å². The molecule has 0 heterocycles. The molecule has 0 spiro atoms. The molecule has 0 amide bonds. The van der Waals surface area contributed by atoms with Crippen molar-refractivity contribution in [3.05, 3.63) is 30.1 Å². The Bertz CT molecular complexity index is 356. The lowest BCUT2D eigenvalue weighted by Gasteiger charge is -2.27. The Morgan fingerprint density at radius 3 is 2.53 bits per heavy atom. The first-order valence-electron chi connectivity index (χ1n) is 6.44. The fourth-order valence-electron chi connectivity index (χ4n) is 2.33. The molecule has 2 atom stereocenters. The highest BCUT2D eigenvalue weighted by Crippen LogP contribution is 2.23. The molecule has 2 N–H and O–H groups in total. The third-order valence-electron chi connectivity index (χ3n) is 3.37. The van der Waals surface area contributed by atoms with Crippen LogP contribution < -0.4 is 10.5 Å². The SMILES string of the molecule is N[C@@H]1CCCCCC[C@@H]1Oc1ccccc1F. The first kappa shape index (κ1) is 12.4. The van der Waals surface area contributed by atoms with Gasteiger partial charge in [-0.15, -0.1) is 0 Å². The van der Waals surface area contributed by atoms with Gasteiger partial charge in [0.05, 0.1) is 0 Å². The summed E-state index contributed by atoms with van der Waals surface area (Å²) in [5.41, 5.74) is 6.10. The number of ether oxygens (including phenoxy) is 1. The van der Waals surface area contributed by atoms with Gasteiger partial charge in [0.1, 0.15) is 6.10 Å². The number of rotatable bonds is 2. The lowest BCUT2D eigenvalue weighted by atomic mass is 9.95. The highest BCUT2D eigenvalue weighted by Gasteiger charge is 2.21. The van der Waals surface area contributed by atoms with E-state index < -0.39 is 0 Å². The number of para-hydroxylation sites is 1. The average molecular weight is 237 g/mol. The molecule has 1 aromatic rings. The summed E-state index contributed by atoms with van der Waals surface area (Å²) in [7, 11) is 0. The highest BCUT2D eigenvalue weighted by molar-refractivity contribution is 5.24.